The summed E-state index contributed by atoms with van der Waals surface area (Å²) in [6.07, 6.45) is 1.03. The number of rotatable bonds is 7. The van der Waals surface area contributed by atoms with Crippen LogP contribution in [0.2, 0.25) is 0 Å². The van der Waals surface area contributed by atoms with Crippen molar-refractivity contribution in [2.75, 3.05) is 19.8 Å². The van der Waals surface area contributed by atoms with Crippen LogP contribution in [-0.2, 0) is 4.74 Å². The molecule has 0 atom stereocenters. The van der Waals surface area contributed by atoms with Crippen molar-refractivity contribution in [1.29, 1.82) is 5.26 Å². The molecule has 1 aromatic carbocycles. The highest BCUT2D eigenvalue weighted by Crippen LogP contribution is 2.03. The normalized spacial score (nSPS) is 10.2. The van der Waals surface area contributed by atoms with E-state index in [2.05, 4.69) is 19.2 Å². The summed E-state index contributed by atoms with van der Waals surface area (Å²) in [4.78, 5) is 11.7. The van der Waals surface area contributed by atoms with Crippen LogP contribution < -0.4 is 5.32 Å². The largest absolute Gasteiger partial charge is 0.380 e. The highest BCUT2D eigenvalue weighted by atomic mass is 16.5. The number of hydrogen-bond acceptors (Lipinski definition) is 3. The number of nitrogens with zero attached hydrogens (tertiary/aromatic N) is 1. The summed E-state index contributed by atoms with van der Waals surface area (Å²) in [5.41, 5.74) is 1.11. The third-order valence-electron chi connectivity index (χ3n) is 2.65. The first kappa shape index (κ1) is 15.2. The number of nitrogens with one attached hydrogen (secondary N) is 1. The molecule has 102 valence electrons. The monoisotopic (exact) mass is 260 g/mol. The molecule has 19 heavy (non-hydrogen) atoms. The van der Waals surface area contributed by atoms with Crippen molar-refractivity contribution in [1.82, 2.24) is 5.32 Å². The van der Waals surface area contributed by atoms with E-state index in [4.69, 9.17) is 10.00 Å². The molecule has 0 radical (unpaired) electrons. The molecule has 4 heteroatoms. The van der Waals surface area contributed by atoms with E-state index in [-0.39, 0.29) is 5.91 Å². The van der Waals surface area contributed by atoms with Crippen LogP contribution >= 0.6 is 0 Å². The smallest absolute Gasteiger partial charge is 0.251 e. The number of amides is 1. The van der Waals surface area contributed by atoms with E-state index in [1.54, 1.807) is 24.3 Å². The molecule has 0 aliphatic rings. The van der Waals surface area contributed by atoms with Gasteiger partial charge in [0.2, 0.25) is 0 Å². The highest BCUT2D eigenvalue weighted by molar-refractivity contribution is 5.94. The molecule has 0 spiro atoms. The molecule has 1 rings (SSSR count). The first-order valence-corrected chi connectivity index (χ1v) is 6.49. The van der Waals surface area contributed by atoms with Gasteiger partial charge in [-0.05, 0) is 36.6 Å². The van der Waals surface area contributed by atoms with Gasteiger partial charge in [0.05, 0.1) is 18.2 Å². The average molecular weight is 260 g/mol. The Bertz CT molecular complexity index is 432. The summed E-state index contributed by atoms with van der Waals surface area (Å²) in [5, 5.41) is 11.4. The SMILES string of the molecule is CC(C)CCOCCNC(=O)c1ccc(C#N)cc1. The second-order valence-corrected chi connectivity index (χ2v) is 4.74. The van der Waals surface area contributed by atoms with Gasteiger partial charge in [-0.3, -0.25) is 4.79 Å². The predicted molar refractivity (Wildman–Crippen MR) is 73.8 cm³/mol. The summed E-state index contributed by atoms with van der Waals surface area (Å²) < 4.78 is 5.41. The van der Waals surface area contributed by atoms with E-state index < -0.39 is 0 Å². The van der Waals surface area contributed by atoms with E-state index in [1.165, 1.54) is 0 Å². The molecule has 0 heterocycles. The molecule has 1 aromatic rings. The Morgan fingerprint density at radius 1 is 1.32 bits per heavy atom. The lowest BCUT2D eigenvalue weighted by molar-refractivity contribution is 0.0906. The lowest BCUT2D eigenvalue weighted by atomic mass is 10.1. The maximum absolute atomic E-state index is 11.7. The number of carbonyl (C=O) groups excluding carboxylic acids is 1. The van der Waals surface area contributed by atoms with Crippen molar-refractivity contribution in [3.05, 3.63) is 35.4 Å². The van der Waals surface area contributed by atoms with E-state index >= 15 is 0 Å². The lowest BCUT2D eigenvalue weighted by Crippen LogP contribution is -2.27. The van der Waals surface area contributed by atoms with Crippen LogP contribution in [0.5, 0.6) is 0 Å². The molecule has 0 aromatic heterocycles. The number of benzene rings is 1. The first-order valence-electron chi connectivity index (χ1n) is 6.49. The van der Waals surface area contributed by atoms with Crippen LogP contribution in [0.15, 0.2) is 24.3 Å². The second-order valence-electron chi connectivity index (χ2n) is 4.74. The fraction of sp³-hybridized carbons (Fsp3) is 0.467. The molecule has 4 nitrogen and oxygen atoms in total. The zero-order valence-electron chi connectivity index (χ0n) is 11.5. The van der Waals surface area contributed by atoms with E-state index in [1.807, 2.05) is 6.07 Å². The zero-order chi connectivity index (χ0) is 14.1. The van der Waals surface area contributed by atoms with Crippen molar-refractivity contribution in [2.24, 2.45) is 5.92 Å². The van der Waals surface area contributed by atoms with Crippen LogP contribution in [-0.4, -0.2) is 25.7 Å². The van der Waals surface area contributed by atoms with E-state index in [0.717, 1.165) is 13.0 Å². The Labute approximate surface area is 114 Å². The number of ether oxygens (including phenoxy) is 1. The Kier molecular flexibility index (Phi) is 6.62. The third kappa shape index (κ3) is 6.03. The Morgan fingerprint density at radius 3 is 2.58 bits per heavy atom. The molecule has 1 N–H and O–H groups in total. The molecule has 0 saturated carbocycles. The molecular weight excluding hydrogens is 240 g/mol. The quantitative estimate of drug-likeness (QED) is 0.765. The first-order chi connectivity index (χ1) is 9.13. The standard InChI is InChI=1S/C15H20N2O2/c1-12(2)7-9-19-10-8-17-15(18)14-5-3-13(11-16)4-6-14/h3-6,12H,7-10H2,1-2H3,(H,17,18). The van der Waals surface area contributed by atoms with Crippen molar-refractivity contribution < 1.29 is 9.53 Å². The maximum atomic E-state index is 11.7. The second kappa shape index (κ2) is 8.28. The van der Waals surface area contributed by atoms with Crippen LogP contribution in [0.1, 0.15) is 36.2 Å². The fourth-order valence-corrected chi connectivity index (χ4v) is 1.46. The highest BCUT2D eigenvalue weighted by Gasteiger charge is 2.04. The van der Waals surface area contributed by atoms with Gasteiger partial charge in [0.25, 0.3) is 5.91 Å². The fourth-order valence-electron chi connectivity index (χ4n) is 1.46. The number of carbonyl (C=O) groups is 1. The van der Waals surface area contributed by atoms with Crippen LogP contribution in [0.4, 0.5) is 0 Å². The van der Waals surface area contributed by atoms with Crippen molar-refractivity contribution in [2.45, 2.75) is 20.3 Å². The summed E-state index contributed by atoms with van der Waals surface area (Å²) in [6.45, 7) is 6.04. The van der Waals surface area contributed by atoms with Gasteiger partial charge in [0, 0.05) is 18.7 Å². The van der Waals surface area contributed by atoms with Gasteiger partial charge in [-0.1, -0.05) is 13.8 Å². The van der Waals surface area contributed by atoms with Gasteiger partial charge >= 0.3 is 0 Å². The summed E-state index contributed by atoms with van der Waals surface area (Å²) in [7, 11) is 0. The average Bonchev–Trinajstić information content (AvgIpc) is 2.42. The van der Waals surface area contributed by atoms with Gasteiger partial charge in [-0.15, -0.1) is 0 Å². The summed E-state index contributed by atoms with van der Waals surface area (Å²) in [5.74, 6) is 0.491. The predicted octanol–water partition coefficient (Wildman–Crippen LogP) is 2.35. The minimum absolute atomic E-state index is 0.142. The van der Waals surface area contributed by atoms with Gasteiger partial charge in [-0.25, -0.2) is 0 Å². The third-order valence-corrected chi connectivity index (χ3v) is 2.65. The van der Waals surface area contributed by atoms with Crippen LogP contribution in [0, 0.1) is 17.2 Å². The minimum Gasteiger partial charge on any atom is -0.380 e. The molecular formula is C15H20N2O2. The molecule has 0 unspecified atom stereocenters. The molecule has 0 aliphatic heterocycles. The number of nitriles is 1. The van der Waals surface area contributed by atoms with Gasteiger partial charge < -0.3 is 10.1 Å². The summed E-state index contributed by atoms with van der Waals surface area (Å²) >= 11 is 0. The summed E-state index contributed by atoms with van der Waals surface area (Å²) in [6, 6.07) is 8.58. The molecule has 0 fully saturated rings. The van der Waals surface area contributed by atoms with Crippen molar-refractivity contribution in [3.63, 3.8) is 0 Å². The Morgan fingerprint density at radius 2 is 2.00 bits per heavy atom. The zero-order valence-corrected chi connectivity index (χ0v) is 11.5. The van der Waals surface area contributed by atoms with Gasteiger partial charge in [-0.2, -0.15) is 5.26 Å². The van der Waals surface area contributed by atoms with E-state index in [0.29, 0.717) is 30.2 Å². The molecule has 0 bridgehead atoms. The molecule has 1 amide bonds. The molecule has 0 saturated heterocycles. The Hall–Kier alpha value is -1.86. The van der Waals surface area contributed by atoms with Gasteiger partial charge in [0.1, 0.15) is 0 Å². The Balaban J connectivity index is 2.22. The maximum Gasteiger partial charge on any atom is 0.251 e. The number of hydrogen-bond donors (Lipinski definition) is 1. The molecule has 0 aliphatic carbocycles. The van der Waals surface area contributed by atoms with Crippen LogP contribution in [0.25, 0.3) is 0 Å². The van der Waals surface area contributed by atoms with Crippen LogP contribution in [0.3, 0.4) is 0 Å². The lowest BCUT2D eigenvalue weighted by Gasteiger charge is -2.07. The van der Waals surface area contributed by atoms with Crippen molar-refractivity contribution >= 4 is 5.91 Å². The van der Waals surface area contributed by atoms with E-state index in [9.17, 15) is 4.79 Å². The topological polar surface area (TPSA) is 62.1 Å². The van der Waals surface area contributed by atoms with Gasteiger partial charge in [0.15, 0.2) is 0 Å². The minimum atomic E-state index is -0.142. The van der Waals surface area contributed by atoms with Crippen molar-refractivity contribution in [3.8, 4) is 6.07 Å².